The van der Waals surface area contributed by atoms with Crippen LogP contribution in [-0.4, -0.2) is 9.55 Å². The Bertz CT molecular complexity index is 658. The number of nitrogens with zero attached hydrogens (tertiary/aromatic N) is 2. The second kappa shape index (κ2) is 4.05. The van der Waals surface area contributed by atoms with Crippen molar-refractivity contribution in [2.24, 2.45) is 0 Å². The highest BCUT2D eigenvalue weighted by atomic mass is 35.5. The Morgan fingerprint density at radius 1 is 1.35 bits per heavy atom. The van der Waals surface area contributed by atoms with E-state index < -0.39 is 0 Å². The Morgan fingerprint density at radius 2 is 2.24 bits per heavy atom. The van der Waals surface area contributed by atoms with Gasteiger partial charge in [0.05, 0.1) is 22.6 Å². The molecule has 2 aromatic heterocycles. The SMILES string of the molecule is Nc1nc2cccc(Cl)c2n1Cc1ccsc1. The monoisotopic (exact) mass is 263 g/mol. The Kier molecular flexibility index (Phi) is 2.53. The van der Waals surface area contributed by atoms with E-state index in [0.717, 1.165) is 11.0 Å². The van der Waals surface area contributed by atoms with Crippen molar-refractivity contribution in [2.45, 2.75) is 6.54 Å². The number of thiophene rings is 1. The molecule has 17 heavy (non-hydrogen) atoms. The molecule has 3 rings (SSSR count). The van der Waals surface area contributed by atoms with Gasteiger partial charge in [0.1, 0.15) is 0 Å². The van der Waals surface area contributed by atoms with E-state index in [-0.39, 0.29) is 0 Å². The highest BCUT2D eigenvalue weighted by Crippen LogP contribution is 2.26. The van der Waals surface area contributed by atoms with E-state index in [2.05, 4.69) is 16.4 Å². The van der Waals surface area contributed by atoms with Crippen molar-refractivity contribution in [2.75, 3.05) is 5.73 Å². The Hall–Kier alpha value is -1.52. The molecule has 0 aliphatic carbocycles. The first kappa shape index (κ1) is 10.6. The molecule has 0 spiro atoms. The first-order chi connectivity index (χ1) is 8.25. The lowest BCUT2D eigenvalue weighted by atomic mass is 10.3. The summed E-state index contributed by atoms with van der Waals surface area (Å²) in [7, 11) is 0. The molecule has 0 radical (unpaired) electrons. The molecule has 5 heteroatoms. The predicted molar refractivity (Wildman–Crippen MR) is 72.6 cm³/mol. The molecule has 1 aromatic carbocycles. The van der Waals surface area contributed by atoms with Gasteiger partial charge < -0.3 is 10.3 Å². The Labute approximate surface area is 107 Å². The summed E-state index contributed by atoms with van der Waals surface area (Å²) in [5, 5.41) is 4.83. The van der Waals surface area contributed by atoms with E-state index in [1.54, 1.807) is 11.3 Å². The molecule has 2 N–H and O–H groups in total. The summed E-state index contributed by atoms with van der Waals surface area (Å²) < 4.78 is 1.94. The van der Waals surface area contributed by atoms with E-state index in [1.807, 2.05) is 28.1 Å². The first-order valence-corrected chi connectivity index (χ1v) is 6.49. The molecule has 0 unspecified atom stereocenters. The van der Waals surface area contributed by atoms with Crippen LogP contribution in [0.1, 0.15) is 5.56 Å². The van der Waals surface area contributed by atoms with Crippen LogP contribution in [0.15, 0.2) is 35.0 Å². The summed E-state index contributed by atoms with van der Waals surface area (Å²) in [5.74, 6) is 0.499. The van der Waals surface area contributed by atoms with E-state index in [1.165, 1.54) is 5.56 Å². The minimum atomic E-state index is 0.499. The second-order valence-corrected chi connectivity index (χ2v) is 4.98. The molecular formula is C12H10ClN3S. The Morgan fingerprint density at radius 3 is 3.00 bits per heavy atom. The van der Waals surface area contributed by atoms with Gasteiger partial charge in [-0.2, -0.15) is 11.3 Å². The number of nitrogens with two attached hydrogens (primary N) is 1. The maximum Gasteiger partial charge on any atom is 0.201 e. The zero-order valence-electron chi connectivity index (χ0n) is 8.93. The summed E-state index contributed by atoms with van der Waals surface area (Å²) in [5.41, 5.74) is 8.88. The molecular weight excluding hydrogens is 254 g/mol. The number of hydrogen-bond donors (Lipinski definition) is 1. The molecule has 0 saturated heterocycles. The maximum absolute atomic E-state index is 6.20. The van der Waals surface area contributed by atoms with Crippen LogP contribution in [0.4, 0.5) is 5.95 Å². The summed E-state index contributed by atoms with van der Waals surface area (Å²) in [6.07, 6.45) is 0. The van der Waals surface area contributed by atoms with Gasteiger partial charge in [-0.15, -0.1) is 0 Å². The van der Waals surface area contributed by atoms with Crippen molar-refractivity contribution in [1.82, 2.24) is 9.55 Å². The van der Waals surface area contributed by atoms with Gasteiger partial charge in [-0.1, -0.05) is 17.7 Å². The molecule has 2 heterocycles. The number of benzene rings is 1. The van der Waals surface area contributed by atoms with Gasteiger partial charge >= 0.3 is 0 Å². The average Bonchev–Trinajstić information content (AvgIpc) is 2.89. The maximum atomic E-state index is 6.20. The largest absolute Gasteiger partial charge is 0.369 e. The van der Waals surface area contributed by atoms with Gasteiger partial charge in [0, 0.05) is 0 Å². The topological polar surface area (TPSA) is 43.8 Å². The quantitative estimate of drug-likeness (QED) is 0.770. The molecule has 0 bridgehead atoms. The van der Waals surface area contributed by atoms with Crippen molar-refractivity contribution < 1.29 is 0 Å². The van der Waals surface area contributed by atoms with E-state index >= 15 is 0 Å². The fourth-order valence-electron chi connectivity index (χ4n) is 1.88. The summed E-state index contributed by atoms with van der Waals surface area (Å²) in [6.45, 7) is 0.704. The lowest BCUT2D eigenvalue weighted by Gasteiger charge is -2.05. The highest BCUT2D eigenvalue weighted by Gasteiger charge is 2.11. The van der Waals surface area contributed by atoms with Crippen molar-refractivity contribution in [3.05, 3.63) is 45.6 Å². The standard InChI is InChI=1S/C12H10ClN3S/c13-9-2-1-3-10-11(9)16(12(14)15-10)6-8-4-5-17-7-8/h1-5,7H,6H2,(H2,14,15). The second-order valence-electron chi connectivity index (χ2n) is 3.80. The van der Waals surface area contributed by atoms with Crippen molar-refractivity contribution >= 4 is 39.9 Å². The minimum Gasteiger partial charge on any atom is -0.369 e. The molecule has 0 saturated carbocycles. The third-order valence-electron chi connectivity index (χ3n) is 2.67. The van der Waals surface area contributed by atoms with Gasteiger partial charge in [0.25, 0.3) is 0 Å². The average molecular weight is 264 g/mol. The third kappa shape index (κ3) is 1.79. The molecule has 0 atom stereocenters. The van der Waals surface area contributed by atoms with Crippen LogP contribution in [0, 0.1) is 0 Å². The number of aromatic nitrogens is 2. The summed E-state index contributed by atoms with van der Waals surface area (Å²) >= 11 is 7.87. The number of fused-ring (bicyclic) bond motifs is 1. The van der Waals surface area contributed by atoms with Crippen LogP contribution in [0.3, 0.4) is 0 Å². The van der Waals surface area contributed by atoms with Gasteiger partial charge in [0.2, 0.25) is 5.95 Å². The van der Waals surface area contributed by atoms with Crippen LogP contribution >= 0.6 is 22.9 Å². The summed E-state index contributed by atoms with van der Waals surface area (Å²) in [6, 6.07) is 7.73. The fourth-order valence-corrected chi connectivity index (χ4v) is 2.82. The van der Waals surface area contributed by atoms with Crippen molar-refractivity contribution in [3.8, 4) is 0 Å². The van der Waals surface area contributed by atoms with Crippen LogP contribution in [0.5, 0.6) is 0 Å². The van der Waals surface area contributed by atoms with Crippen LogP contribution in [0.2, 0.25) is 5.02 Å². The van der Waals surface area contributed by atoms with Crippen LogP contribution in [0.25, 0.3) is 11.0 Å². The molecule has 3 aromatic rings. The number of para-hydroxylation sites is 1. The van der Waals surface area contributed by atoms with E-state index in [0.29, 0.717) is 17.5 Å². The van der Waals surface area contributed by atoms with Gasteiger partial charge in [0.15, 0.2) is 0 Å². The molecule has 0 aliphatic rings. The normalized spacial score (nSPS) is 11.1. The number of anilines is 1. The molecule has 3 nitrogen and oxygen atoms in total. The Balaban J connectivity index is 2.18. The number of rotatable bonds is 2. The van der Waals surface area contributed by atoms with Gasteiger partial charge in [-0.25, -0.2) is 4.98 Å². The summed E-state index contributed by atoms with van der Waals surface area (Å²) in [4.78, 5) is 4.31. The van der Waals surface area contributed by atoms with Gasteiger partial charge in [-0.05, 0) is 34.5 Å². The van der Waals surface area contributed by atoms with Crippen LogP contribution < -0.4 is 5.73 Å². The van der Waals surface area contributed by atoms with Crippen molar-refractivity contribution in [1.29, 1.82) is 0 Å². The lowest BCUT2D eigenvalue weighted by Crippen LogP contribution is -2.03. The minimum absolute atomic E-state index is 0.499. The number of imidazole rings is 1. The van der Waals surface area contributed by atoms with Crippen LogP contribution in [-0.2, 0) is 6.54 Å². The fraction of sp³-hybridized carbons (Fsp3) is 0.0833. The van der Waals surface area contributed by atoms with E-state index in [9.17, 15) is 0 Å². The zero-order valence-corrected chi connectivity index (χ0v) is 10.5. The third-order valence-corrected chi connectivity index (χ3v) is 3.70. The predicted octanol–water partition coefficient (Wildman–Crippen LogP) is 3.38. The van der Waals surface area contributed by atoms with E-state index in [4.69, 9.17) is 17.3 Å². The van der Waals surface area contributed by atoms with Gasteiger partial charge in [-0.3, -0.25) is 0 Å². The zero-order chi connectivity index (χ0) is 11.8. The molecule has 0 aliphatic heterocycles. The smallest absolute Gasteiger partial charge is 0.201 e. The highest BCUT2D eigenvalue weighted by molar-refractivity contribution is 7.07. The molecule has 0 amide bonds. The number of hydrogen-bond acceptors (Lipinski definition) is 3. The first-order valence-electron chi connectivity index (χ1n) is 5.17. The lowest BCUT2D eigenvalue weighted by molar-refractivity contribution is 0.842. The van der Waals surface area contributed by atoms with Crippen molar-refractivity contribution in [3.63, 3.8) is 0 Å². The molecule has 86 valence electrons. The molecule has 0 fully saturated rings. The number of nitrogen functional groups attached to an aromatic ring is 1. The number of halogens is 1.